The number of fused-ring (bicyclic) bond motifs is 1. The van der Waals surface area contributed by atoms with E-state index in [2.05, 4.69) is 26.1 Å². The molecule has 128 valence electrons. The number of carbonyl (C=O) groups excluding carboxylic acids is 2. The zero-order valence-corrected chi connectivity index (χ0v) is 15.6. The maximum Gasteiger partial charge on any atom is 0.251 e. The monoisotopic (exact) mass is 336 g/mol. The Labute approximate surface area is 142 Å². The quantitative estimate of drug-likeness (QED) is 0.853. The second-order valence-electron chi connectivity index (χ2n) is 7.50. The molecule has 0 saturated carbocycles. The number of nitrogens with one attached hydrogen (secondary N) is 1. The van der Waals surface area contributed by atoms with Crippen LogP contribution in [0.25, 0.3) is 0 Å². The first-order valence-electron chi connectivity index (χ1n) is 8.42. The third kappa shape index (κ3) is 3.60. The predicted octanol–water partition coefficient (Wildman–Crippen LogP) is 3.98. The average molecular weight is 337 g/mol. The van der Waals surface area contributed by atoms with Crippen molar-refractivity contribution in [3.05, 3.63) is 16.0 Å². The van der Waals surface area contributed by atoms with Gasteiger partial charge < -0.3 is 11.1 Å². The fourth-order valence-corrected chi connectivity index (χ4v) is 4.48. The third-order valence-corrected chi connectivity index (χ3v) is 6.46. The first-order chi connectivity index (χ1) is 10.7. The summed E-state index contributed by atoms with van der Waals surface area (Å²) in [5.74, 6) is -0.0269. The molecule has 1 aliphatic rings. The highest BCUT2D eigenvalue weighted by Gasteiger charge is 2.35. The smallest absolute Gasteiger partial charge is 0.251 e. The van der Waals surface area contributed by atoms with Gasteiger partial charge in [-0.15, -0.1) is 11.3 Å². The van der Waals surface area contributed by atoms with Crippen LogP contribution in [0.4, 0.5) is 5.00 Å². The topological polar surface area (TPSA) is 72.2 Å². The number of hydrogen-bond donors (Lipinski definition) is 2. The van der Waals surface area contributed by atoms with Gasteiger partial charge >= 0.3 is 0 Å². The molecule has 1 heterocycles. The molecule has 0 radical (unpaired) electrons. The van der Waals surface area contributed by atoms with Crippen LogP contribution in [0.15, 0.2) is 0 Å². The highest BCUT2D eigenvalue weighted by atomic mass is 32.1. The van der Waals surface area contributed by atoms with Crippen molar-refractivity contribution in [3.8, 4) is 0 Å². The molecular formula is C18H28N2O2S. The predicted molar refractivity (Wildman–Crippen MR) is 95.9 cm³/mol. The molecule has 0 aliphatic heterocycles. The summed E-state index contributed by atoms with van der Waals surface area (Å²) in [5.41, 5.74) is 7.48. The fourth-order valence-electron chi connectivity index (χ4n) is 3.15. The molecule has 23 heavy (non-hydrogen) atoms. The minimum absolute atomic E-state index is 0.0727. The van der Waals surface area contributed by atoms with Crippen LogP contribution in [0.3, 0.4) is 0 Å². The highest BCUT2D eigenvalue weighted by molar-refractivity contribution is 7.17. The summed E-state index contributed by atoms with van der Waals surface area (Å²) in [4.78, 5) is 25.1. The van der Waals surface area contributed by atoms with Crippen LogP contribution in [0.1, 0.15) is 68.3 Å². The van der Waals surface area contributed by atoms with Crippen LogP contribution >= 0.6 is 11.3 Å². The van der Waals surface area contributed by atoms with Crippen molar-refractivity contribution >= 4 is 28.2 Å². The molecule has 4 nitrogen and oxygen atoms in total. The molecule has 5 heteroatoms. The Hall–Kier alpha value is -1.36. The second kappa shape index (κ2) is 6.63. The van der Waals surface area contributed by atoms with Gasteiger partial charge in [-0.3, -0.25) is 9.59 Å². The number of anilines is 1. The number of nitrogens with two attached hydrogens (primary N) is 1. The van der Waals surface area contributed by atoms with Crippen LogP contribution in [0.5, 0.6) is 0 Å². The number of primary amides is 1. The molecule has 0 spiro atoms. The molecule has 0 bridgehead atoms. The summed E-state index contributed by atoms with van der Waals surface area (Å²) in [5, 5.41) is 3.53. The molecule has 1 aromatic heterocycles. The zero-order valence-electron chi connectivity index (χ0n) is 14.8. The Bertz CT molecular complexity index is 617. The number of rotatable bonds is 5. The summed E-state index contributed by atoms with van der Waals surface area (Å²) in [6.45, 7) is 10.5. The number of carbonyl (C=O) groups is 2. The van der Waals surface area contributed by atoms with Gasteiger partial charge in [0.05, 0.1) is 5.56 Å². The molecule has 0 aromatic carbocycles. The van der Waals surface area contributed by atoms with Crippen molar-refractivity contribution in [1.82, 2.24) is 0 Å². The molecule has 1 aliphatic carbocycles. The Morgan fingerprint density at radius 2 is 2.04 bits per heavy atom. The molecular weight excluding hydrogens is 308 g/mol. The van der Waals surface area contributed by atoms with Gasteiger partial charge in [-0.25, -0.2) is 0 Å². The Morgan fingerprint density at radius 3 is 2.57 bits per heavy atom. The van der Waals surface area contributed by atoms with Gasteiger partial charge in [-0.05, 0) is 36.2 Å². The summed E-state index contributed by atoms with van der Waals surface area (Å²) in [6.07, 6.45) is 4.05. The Morgan fingerprint density at radius 1 is 1.39 bits per heavy atom. The molecule has 2 rings (SSSR count). The minimum Gasteiger partial charge on any atom is -0.365 e. The van der Waals surface area contributed by atoms with Gasteiger partial charge in [0.1, 0.15) is 5.00 Å². The van der Waals surface area contributed by atoms with Crippen LogP contribution < -0.4 is 11.1 Å². The minimum atomic E-state index is -0.435. The third-order valence-electron chi connectivity index (χ3n) is 5.29. The Kier molecular flexibility index (Phi) is 5.19. The van der Waals surface area contributed by atoms with Gasteiger partial charge in [0, 0.05) is 10.8 Å². The Balaban J connectivity index is 2.35. The van der Waals surface area contributed by atoms with Crippen molar-refractivity contribution in [3.63, 3.8) is 0 Å². The first kappa shape index (κ1) is 18.0. The van der Waals surface area contributed by atoms with Gasteiger partial charge in [-0.1, -0.05) is 41.0 Å². The summed E-state index contributed by atoms with van der Waals surface area (Å²) >= 11 is 1.53. The van der Waals surface area contributed by atoms with Crippen LogP contribution in [-0.4, -0.2) is 11.8 Å². The lowest BCUT2D eigenvalue weighted by molar-refractivity contribution is -0.118. The molecule has 1 atom stereocenters. The normalized spacial score (nSPS) is 17.9. The molecule has 0 saturated heterocycles. The summed E-state index contributed by atoms with van der Waals surface area (Å²) in [7, 11) is 0. The maximum absolute atomic E-state index is 12.0. The van der Waals surface area contributed by atoms with Crippen LogP contribution in [0.2, 0.25) is 0 Å². The van der Waals surface area contributed by atoms with Crippen molar-refractivity contribution in [2.75, 3.05) is 5.32 Å². The largest absolute Gasteiger partial charge is 0.365 e. The van der Waals surface area contributed by atoms with Crippen molar-refractivity contribution < 1.29 is 9.59 Å². The van der Waals surface area contributed by atoms with E-state index in [0.29, 0.717) is 16.5 Å². The van der Waals surface area contributed by atoms with E-state index >= 15 is 0 Å². The van der Waals surface area contributed by atoms with E-state index in [4.69, 9.17) is 5.73 Å². The van der Waals surface area contributed by atoms with Gasteiger partial charge in [-0.2, -0.15) is 0 Å². The van der Waals surface area contributed by atoms with E-state index in [1.54, 1.807) is 0 Å². The van der Waals surface area contributed by atoms with Gasteiger partial charge in [0.15, 0.2) is 0 Å². The van der Waals surface area contributed by atoms with Crippen molar-refractivity contribution in [1.29, 1.82) is 0 Å². The maximum atomic E-state index is 12.0. The lowest BCUT2D eigenvalue weighted by Crippen LogP contribution is -2.29. The summed E-state index contributed by atoms with van der Waals surface area (Å²) < 4.78 is 0. The van der Waals surface area contributed by atoms with E-state index < -0.39 is 5.91 Å². The molecule has 3 N–H and O–H groups in total. The van der Waals surface area contributed by atoms with Crippen LogP contribution in [-0.2, 0) is 17.6 Å². The highest BCUT2D eigenvalue weighted by Crippen LogP contribution is 2.45. The van der Waals surface area contributed by atoms with Gasteiger partial charge in [0.2, 0.25) is 5.91 Å². The molecule has 0 fully saturated rings. The molecule has 1 aromatic rings. The van der Waals surface area contributed by atoms with E-state index in [-0.39, 0.29) is 17.2 Å². The summed E-state index contributed by atoms with van der Waals surface area (Å²) in [6, 6.07) is 0. The number of thiophene rings is 1. The van der Waals surface area contributed by atoms with Gasteiger partial charge in [0.25, 0.3) is 5.91 Å². The van der Waals surface area contributed by atoms with E-state index in [9.17, 15) is 9.59 Å². The van der Waals surface area contributed by atoms with Crippen molar-refractivity contribution in [2.24, 2.45) is 23.0 Å². The van der Waals surface area contributed by atoms with Crippen LogP contribution in [0, 0.1) is 17.3 Å². The zero-order chi connectivity index (χ0) is 17.4. The number of hydrogen-bond acceptors (Lipinski definition) is 3. The molecule has 2 amide bonds. The first-order valence-corrected chi connectivity index (χ1v) is 9.24. The lowest BCUT2D eigenvalue weighted by Gasteiger charge is -2.36. The molecule has 0 unspecified atom stereocenters. The van der Waals surface area contributed by atoms with Crippen molar-refractivity contribution in [2.45, 2.75) is 60.3 Å². The fraction of sp³-hybridized carbons (Fsp3) is 0.667. The SMILES string of the molecule is CCC(C)(C)[C@H]1CCc2c(sc(NC(=O)C(C)C)c2C(N)=O)C1. The van der Waals surface area contributed by atoms with E-state index in [0.717, 1.165) is 31.2 Å². The lowest BCUT2D eigenvalue weighted by atomic mass is 9.69. The second-order valence-corrected chi connectivity index (χ2v) is 8.60. The standard InChI is InChI=1S/C18H28N2O2S/c1-6-18(4,5)11-7-8-12-13(9-11)23-17(14(12)15(19)21)20-16(22)10(2)3/h10-11H,6-9H2,1-5H3,(H2,19,21)(H,20,22)/t11-/m0/s1. The number of amides is 2. The van der Waals surface area contributed by atoms with E-state index in [1.807, 2.05) is 13.8 Å². The average Bonchev–Trinajstić information content (AvgIpc) is 2.83. The van der Waals surface area contributed by atoms with E-state index in [1.165, 1.54) is 16.2 Å².